The highest BCUT2D eigenvalue weighted by atomic mass is 16.5. The third kappa shape index (κ3) is 4.47. The molecule has 29 heavy (non-hydrogen) atoms. The number of hydrogen-bond donors (Lipinski definition) is 0. The molecular weight excluding hydrogens is 366 g/mol. The van der Waals surface area contributed by atoms with E-state index in [0.29, 0.717) is 17.7 Å². The minimum atomic E-state index is 0.328. The Kier molecular flexibility index (Phi) is 5.90. The summed E-state index contributed by atoms with van der Waals surface area (Å²) in [6.07, 6.45) is 4.12. The molecule has 0 radical (unpaired) electrons. The quantitative estimate of drug-likeness (QED) is 0.742. The summed E-state index contributed by atoms with van der Waals surface area (Å²) in [5.74, 6) is 3.30. The first-order valence-corrected chi connectivity index (χ1v) is 10.6. The van der Waals surface area contributed by atoms with Crippen molar-refractivity contribution in [3.63, 3.8) is 0 Å². The molecule has 0 saturated carbocycles. The van der Waals surface area contributed by atoms with Crippen molar-refractivity contribution in [2.75, 3.05) is 33.3 Å². The fourth-order valence-corrected chi connectivity index (χ4v) is 4.57. The zero-order valence-electron chi connectivity index (χ0n) is 17.7. The fourth-order valence-electron chi connectivity index (χ4n) is 4.57. The number of rotatable bonds is 6. The van der Waals surface area contributed by atoms with Gasteiger partial charge >= 0.3 is 0 Å². The van der Waals surface area contributed by atoms with Gasteiger partial charge in [0.1, 0.15) is 11.5 Å². The van der Waals surface area contributed by atoms with Crippen molar-refractivity contribution in [1.82, 2.24) is 14.8 Å². The van der Waals surface area contributed by atoms with E-state index in [1.165, 1.54) is 12.8 Å². The van der Waals surface area contributed by atoms with Gasteiger partial charge in [0.2, 0.25) is 11.8 Å². The Morgan fingerprint density at radius 2 is 2.10 bits per heavy atom. The van der Waals surface area contributed by atoms with E-state index in [1.54, 1.807) is 7.11 Å². The summed E-state index contributed by atoms with van der Waals surface area (Å²) in [4.78, 5) is 21.3. The molecule has 0 bridgehead atoms. The van der Waals surface area contributed by atoms with Crippen molar-refractivity contribution in [3.8, 4) is 17.2 Å². The molecule has 2 aliphatic heterocycles. The lowest BCUT2D eigenvalue weighted by atomic mass is 9.97. The molecule has 0 N–H and O–H groups in total. The van der Waals surface area contributed by atoms with E-state index in [-0.39, 0.29) is 0 Å². The zero-order chi connectivity index (χ0) is 20.4. The summed E-state index contributed by atoms with van der Waals surface area (Å²) < 4.78 is 11.3. The van der Waals surface area contributed by atoms with Gasteiger partial charge in [-0.3, -0.25) is 9.69 Å². The van der Waals surface area contributed by atoms with E-state index < -0.39 is 0 Å². The first-order chi connectivity index (χ1) is 14.0. The smallest absolute Gasteiger partial charge is 0.226 e. The Bertz CT molecular complexity index is 876. The van der Waals surface area contributed by atoms with Crippen molar-refractivity contribution in [2.24, 2.45) is 5.92 Å². The van der Waals surface area contributed by atoms with Crippen molar-refractivity contribution >= 4 is 5.91 Å². The van der Waals surface area contributed by atoms with Gasteiger partial charge in [-0.2, -0.15) is 0 Å². The maximum Gasteiger partial charge on any atom is 0.226 e. The lowest BCUT2D eigenvalue weighted by molar-refractivity contribution is -0.128. The Balaban J connectivity index is 1.41. The molecule has 1 aromatic carbocycles. The van der Waals surface area contributed by atoms with Crippen LogP contribution in [0.25, 0.3) is 11.5 Å². The molecule has 1 amide bonds. The van der Waals surface area contributed by atoms with Crippen LogP contribution in [-0.2, 0) is 11.3 Å². The summed E-state index contributed by atoms with van der Waals surface area (Å²) in [6, 6.07) is 6.00. The SMILES string of the molecule is COc1ccc(-c2nc(CN3CCC[C@@H](CN4CCCC4=O)C3)c(C)o2)cc1C. The van der Waals surface area contributed by atoms with Crippen LogP contribution in [0.2, 0.25) is 0 Å². The zero-order valence-corrected chi connectivity index (χ0v) is 17.7. The van der Waals surface area contributed by atoms with E-state index in [0.717, 1.165) is 73.9 Å². The topological polar surface area (TPSA) is 58.8 Å². The number of hydrogen-bond acceptors (Lipinski definition) is 5. The molecule has 0 spiro atoms. The second-order valence-electron chi connectivity index (χ2n) is 8.39. The number of nitrogens with zero attached hydrogens (tertiary/aromatic N) is 3. The van der Waals surface area contributed by atoms with Crippen molar-refractivity contribution in [1.29, 1.82) is 0 Å². The largest absolute Gasteiger partial charge is 0.496 e. The van der Waals surface area contributed by atoms with Crippen LogP contribution in [0.4, 0.5) is 0 Å². The predicted molar refractivity (Wildman–Crippen MR) is 112 cm³/mol. The monoisotopic (exact) mass is 397 g/mol. The molecule has 3 heterocycles. The Morgan fingerprint density at radius 1 is 1.24 bits per heavy atom. The van der Waals surface area contributed by atoms with Gasteiger partial charge in [-0.25, -0.2) is 4.98 Å². The number of benzene rings is 1. The normalized spacial score (nSPS) is 20.4. The van der Waals surface area contributed by atoms with E-state index >= 15 is 0 Å². The fraction of sp³-hybridized carbons (Fsp3) is 0.565. The minimum Gasteiger partial charge on any atom is -0.496 e. The standard InChI is InChI=1S/C23H31N3O3/c1-16-12-19(8-9-21(16)28-3)23-24-20(17(2)29-23)15-25-10-4-6-18(13-25)14-26-11-5-7-22(26)27/h8-9,12,18H,4-7,10-11,13-15H2,1-3H3/t18-/m1/s1. The van der Waals surface area contributed by atoms with E-state index in [4.69, 9.17) is 14.1 Å². The number of methoxy groups -OCH3 is 1. The van der Waals surface area contributed by atoms with Gasteiger partial charge < -0.3 is 14.1 Å². The van der Waals surface area contributed by atoms with Crippen LogP contribution < -0.4 is 4.74 Å². The van der Waals surface area contributed by atoms with Crippen molar-refractivity contribution < 1.29 is 13.9 Å². The number of carbonyl (C=O) groups excluding carboxylic acids is 1. The van der Waals surface area contributed by atoms with E-state index in [1.807, 2.05) is 26.0 Å². The maximum atomic E-state index is 11.9. The third-order valence-electron chi connectivity index (χ3n) is 6.16. The molecule has 6 nitrogen and oxygen atoms in total. The first kappa shape index (κ1) is 20.0. The highest BCUT2D eigenvalue weighted by Gasteiger charge is 2.27. The van der Waals surface area contributed by atoms with Gasteiger partial charge in [-0.15, -0.1) is 0 Å². The number of piperidine rings is 1. The Morgan fingerprint density at radius 3 is 2.83 bits per heavy atom. The van der Waals surface area contributed by atoms with Gasteiger partial charge in [0.25, 0.3) is 0 Å². The van der Waals surface area contributed by atoms with E-state index in [9.17, 15) is 4.79 Å². The van der Waals surface area contributed by atoms with Crippen LogP contribution in [0, 0.1) is 19.8 Å². The predicted octanol–water partition coefficient (Wildman–Crippen LogP) is 3.80. The molecule has 0 unspecified atom stereocenters. The van der Waals surface area contributed by atoms with Gasteiger partial charge in [0.15, 0.2) is 0 Å². The number of ether oxygens (including phenoxy) is 1. The van der Waals surface area contributed by atoms with Crippen LogP contribution in [0.15, 0.2) is 22.6 Å². The summed E-state index contributed by atoms with van der Waals surface area (Å²) in [5, 5.41) is 0. The molecule has 1 aromatic heterocycles. The molecule has 2 aliphatic rings. The molecular formula is C23H31N3O3. The number of amides is 1. The number of likely N-dealkylation sites (tertiary alicyclic amines) is 2. The molecule has 1 atom stereocenters. The molecule has 2 fully saturated rings. The van der Waals surface area contributed by atoms with Gasteiger partial charge in [0.05, 0.1) is 12.8 Å². The number of aryl methyl sites for hydroxylation is 2. The van der Waals surface area contributed by atoms with Crippen LogP contribution in [0.3, 0.4) is 0 Å². The number of aromatic nitrogens is 1. The van der Waals surface area contributed by atoms with Crippen LogP contribution in [0.5, 0.6) is 5.75 Å². The second-order valence-corrected chi connectivity index (χ2v) is 8.39. The molecule has 6 heteroatoms. The Labute approximate surface area is 172 Å². The number of carbonyl (C=O) groups is 1. The van der Waals surface area contributed by atoms with Gasteiger partial charge in [-0.1, -0.05) is 0 Å². The average molecular weight is 398 g/mol. The summed E-state index contributed by atoms with van der Waals surface area (Å²) in [5.41, 5.74) is 3.05. The lowest BCUT2D eigenvalue weighted by Gasteiger charge is -2.34. The van der Waals surface area contributed by atoms with Crippen LogP contribution in [-0.4, -0.2) is 54.0 Å². The molecule has 0 aliphatic carbocycles. The molecule has 156 valence electrons. The van der Waals surface area contributed by atoms with Crippen LogP contribution >= 0.6 is 0 Å². The van der Waals surface area contributed by atoms with E-state index in [2.05, 4.69) is 15.9 Å². The molecule has 2 aromatic rings. The summed E-state index contributed by atoms with van der Waals surface area (Å²) >= 11 is 0. The number of oxazole rings is 1. The van der Waals surface area contributed by atoms with Gasteiger partial charge in [-0.05, 0) is 69.3 Å². The summed E-state index contributed by atoms with van der Waals surface area (Å²) in [7, 11) is 1.68. The molecule has 4 rings (SSSR count). The van der Waals surface area contributed by atoms with Crippen molar-refractivity contribution in [2.45, 2.75) is 46.1 Å². The first-order valence-electron chi connectivity index (χ1n) is 10.6. The second kappa shape index (κ2) is 8.57. The maximum absolute atomic E-state index is 11.9. The minimum absolute atomic E-state index is 0.328. The Hall–Kier alpha value is -2.34. The van der Waals surface area contributed by atoms with Crippen LogP contribution in [0.1, 0.15) is 42.7 Å². The highest BCUT2D eigenvalue weighted by molar-refractivity contribution is 5.78. The third-order valence-corrected chi connectivity index (χ3v) is 6.16. The average Bonchev–Trinajstić information content (AvgIpc) is 3.28. The molecule has 2 saturated heterocycles. The van der Waals surface area contributed by atoms with Crippen molar-refractivity contribution in [3.05, 3.63) is 35.2 Å². The highest BCUT2D eigenvalue weighted by Crippen LogP contribution is 2.28. The lowest BCUT2D eigenvalue weighted by Crippen LogP contribution is -2.41. The summed E-state index contributed by atoms with van der Waals surface area (Å²) in [6.45, 7) is 8.76. The van der Waals surface area contributed by atoms with Gasteiger partial charge in [0, 0.05) is 38.2 Å².